The molecule has 0 bridgehead atoms. The quantitative estimate of drug-likeness (QED) is 0.386. The minimum Gasteiger partial charge on any atom is -0.395 e. The van der Waals surface area contributed by atoms with E-state index < -0.39 is 0 Å². The van der Waals surface area contributed by atoms with Crippen molar-refractivity contribution < 1.29 is 5.11 Å². The number of allylic oxidation sites excluding steroid dienone is 1. The Morgan fingerprint density at radius 3 is 2.08 bits per heavy atom. The van der Waals surface area contributed by atoms with Gasteiger partial charge in [0.25, 0.3) is 0 Å². The molecule has 0 fully saturated rings. The van der Waals surface area contributed by atoms with Gasteiger partial charge in [-0.25, -0.2) is 0 Å². The maximum atomic E-state index is 9.02. The Hall–Kier alpha value is -0.830. The van der Waals surface area contributed by atoms with E-state index in [0.717, 1.165) is 25.3 Å². The molecule has 0 aromatic rings. The number of rotatable bonds is 16. The molecule has 0 spiro atoms. The number of hydrogen-bond donors (Lipinski definition) is 1. The maximum Gasteiger partial charge on any atom is 0.123 e. The van der Waals surface area contributed by atoms with Gasteiger partial charge in [0.1, 0.15) is 5.84 Å². The standard InChI is InChI=1S/C21H40N2O/c1-2-3-4-5-6-7-8-9-10-11-12-13-14-15-16-21-22-17-18-23(21)19-20-24/h15-16,24H,2-14,17-20H2,1H3/b16-15+. The molecule has 0 atom stereocenters. The van der Waals surface area contributed by atoms with Crippen molar-refractivity contribution in [3.05, 3.63) is 12.2 Å². The number of aliphatic hydroxyl groups is 1. The highest BCUT2D eigenvalue weighted by Crippen LogP contribution is 2.12. The Labute approximate surface area is 150 Å². The zero-order chi connectivity index (χ0) is 17.3. The van der Waals surface area contributed by atoms with E-state index in [1.807, 2.05) is 0 Å². The van der Waals surface area contributed by atoms with E-state index >= 15 is 0 Å². The zero-order valence-corrected chi connectivity index (χ0v) is 16.0. The molecule has 0 radical (unpaired) electrons. The first-order valence-corrected chi connectivity index (χ1v) is 10.4. The van der Waals surface area contributed by atoms with Crippen molar-refractivity contribution >= 4 is 5.84 Å². The number of amidine groups is 1. The van der Waals surface area contributed by atoms with Gasteiger partial charge in [-0.3, -0.25) is 4.99 Å². The molecule has 0 unspecified atom stereocenters. The summed E-state index contributed by atoms with van der Waals surface area (Å²) in [5.74, 6) is 1.06. The lowest BCUT2D eigenvalue weighted by atomic mass is 10.0. The topological polar surface area (TPSA) is 35.8 Å². The summed E-state index contributed by atoms with van der Waals surface area (Å²) in [6.07, 6.45) is 22.4. The molecule has 0 aliphatic carbocycles. The van der Waals surface area contributed by atoms with Crippen LogP contribution in [0.2, 0.25) is 0 Å². The van der Waals surface area contributed by atoms with Crippen LogP contribution in [0.1, 0.15) is 90.4 Å². The van der Waals surface area contributed by atoms with Crippen LogP contribution in [0.15, 0.2) is 17.1 Å². The van der Waals surface area contributed by atoms with Gasteiger partial charge in [0.2, 0.25) is 0 Å². The Morgan fingerprint density at radius 1 is 0.917 bits per heavy atom. The fourth-order valence-electron chi connectivity index (χ4n) is 3.30. The average molecular weight is 337 g/mol. The Kier molecular flexibility index (Phi) is 13.9. The molecular weight excluding hydrogens is 296 g/mol. The van der Waals surface area contributed by atoms with Crippen LogP contribution in [0, 0.1) is 0 Å². The van der Waals surface area contributed by atoms with Crippen LogP contribution in [0.25, 0.3) is 0 Å². The summed E-state index contributed by atoms with van der Waals surface area (Å²) in [5.41, 5.74) is 0. The molecule has 0 saturated heterocycles. The summed E-state index contributed by atoms with van der Waals surface area (Å²) in [5, 5.41) is 9.02. The normalized spacial score (nSPS) is 14.8. The molecule has 1 rings (SSSR count). The summed E-state index contributed by atoms with van der Waals surface area (Å²) >= 11 is 0. The SMILES string of the molecule is CCCCCCCCCCCCCC/C=C/C1=NCCN1CCO. The third-order valence-electron chi connectivity index (χ3n) is 4.83. The van der Waals surface area contributed by atoms with Crippen LogP contribution < -0.4 is 0 Å². The lowest BCUT2D eigenvalue weighted by molar-refractivity contribution is 0.257. The monoisotopic (exact) mass is 336 g/mol. The minimum absolute atomic E-state index is 0.214. The van der Waals surface area contributed by atoms with Crippen molar-refractivity contribution in [2.45, 2.75) is 90.4 Å². The number of hydrogen-bond acceptors (Lipinski definition) is 3. The second kappa shape index (κ2) is 15.7. The van der Waals surface area contributed by atoms with Gasteiger partial charge in [0, 0.05) is 13.1 Å². The van der Waals surface area contributed by atoms with Crippen LogP contribution in [-0.2, 0) is 0 Å². The molecule has 1 aliphatic heterocycles. The van der Waals surface area contributed by atoms with Crippen molar-refractivity contribution in [1.29, 1.82) is 0 Å². The smallest absolute Gasteiger partial charge is 0.123 e. The first-order chi connectivity index (χ1) is 11.9. The summed E-state index contributed by atoms with van der Waals surface area (Å²) in [6, 6.07) is 0. The number of β-amino-alcohol motifs (C(OH)–C–C–N with tert-alkyl or cyclic N) is 1. The Morgan fingerprint density at radius 2 is 1.50 bits per heavy atom. The first kappa shape index (κ1) is 21.2. The lowest BCUT2D eigenvalue weighted by Gasteiger charge is -2.16. The van der Waals surface area contributed by atoms with Gasteiger partial charge in [-0.1, -0.05) is 83.6 Å². The fourth-order valence-corrected chi connectivity index (χ4v) is 3.30. The summed E-state index contributed by atoms with van der Waals surface area (Å²) in [4.78, 5) is 6.64. The average Bonchev–Trinajstić information content (AvgIpc) is 3.03. The maximum absolute atomic E-state index is 9.02. The van der Waals surface area contributed by atoms with Crippen LogP contribution in [0.5, 0.6) is 0 Å². The van der Waals surface area contributed by atoms with Gasteiger partial charge in [-0.2, -0.15) is 0 Å². The fraction of sp³-hybridized carbons (Fsp3) is 0.857. The van der Waals surface area contributed by atoms with Crippen molar-refractivity contribution in [2.75, 3.05) is 26.2 Å². The van der Waals surface area contributed by atoms with E-state index in [1.165, 1.54) is 77.0 Å². The molecule has 0 aromatic carbocycles. The molecule has 0 amide bonds. The van der Waals surface area contributed by atoms with Crippen LogP contribution >= 0.6 is 0 Å². The molecule has 0 saturated carbocycles. The van der Waals surface area contributed by atoms with Gasteiger partial charge in [-0.15, -0.1) is 0 Å². The van der Waals surface area contributed by atoms with Crippen molar-refractivity contribution in [3.63, 3.8) is 0 Å². The number of aliphatic imine (C=N–C) groups is 1. The van der Waals surface area contributed by atoms with Crippen LogP contribution in [-0.4, -0.2) is 42.1 Å². The predicted octanol–water partition coefficient (Wildman–Crippen LogP) is 5.34. The summed E-state index contributed by atoms with van der Waals surface area (Å²) in [6.45, 7) is 5.04. The molecule has 1 aliphatic rings. The lowest BCUT2D eigenvalue weighted by Crippen LogP contribution is -2.29. The first-order valence-electron chi connectivity index (χ1n) is 10.4. The van der Waals surface area contributed by atoms with E-state index in [0.29, 0.717) is 6.54 Å². The molecule has 3 heteroatoms. The molecular formula is C21H40N2O. The molecule has 1 heterocycles. The predicted molar refractivity (Wildman–Crippen MR) is 106 cm³/mol. The molecule has 24 heavy (non-hydrogen) atoms. The molecule has 1 N–H and O–H groups in total. The van der Waals surface area contributed by atoms with E-state index in [1.54, 1.807) is 0 Å². The third kappa shape index (κ3) is 10.9. The van der Waals surface area contributed by atoms with E-state index in [2.05, 4.69) is 29.0 Å². The minimum atomic E-state index is 0.214. The largest absolute Gasteiger partial charge is 0.395 e. The van der Waals surface area contributed by atoms with Crippen molar-refractivity contribution in [3.8, 4) is 0 Å². The third-order valence-corrected chi connectivity index (χ3v) is 4.83. The van der Waals surface area contributed by atoms with E-state index in [9.17, 15) is 0 Å². The second-order valence-corrected chi connectivity index (χ2v) is 7.03. The highest BCUT2D eigenvalue weighted by Gasteiger charge is 2.12. The van der Waals surface area contributed by atoms with Crippen molar-refractivity contribution in [1.82, 2.24) is 4.90 Å². The highest BCUT2D eigenvalue weighted by atomic mass is 16.3. The number of aliphatic hydroxyl groups excluding tert-OH is 1. The van der Waals surface area contributed by atoms with E-state index in [4.69, 9.17) is 5.11 Å². The van der Waals surface area contributed by atoms with E-state index in [-0.39, 0.29) is 6.61 Å². The number of unbranched alkanes of at least 4 members (excludes halogenated alkanes) is 12. The molecule has 140 valence electrons. The van der Waals surface area contributed by atoms with Gasteiger partial charge >= 0.3 is 0 Å². The van der Waals surface area contributed by atoms with Crippen LogP contribution in [0.3, 0.4) is 0 Å². The summed E-state index contributed by atoms with van der Waals surface area (Å²) < 4.78 is 0. The zero-order valence-electron chi connectivity index (χ0n) is 16.0. The molecule has 0 aromatic heterocycles. The second-order valence-electron chi connectivity index (χ2n) is 7.03. The van der Waals surface area contributed by atoms with Gasteiger partial charge in [-0.05, 0) is 18.9 Å². The van der Waals surface area contributed by atoms with Gasteiger partial charge < -0.3 is 10.0 Å². The highest BCUT2D eigenvalue weighted by molar-refractivity contribution is 5.94. The Bertz CT molecular complexity index is 339. The number of nitrogens with zero attached hydrogens (tertiary/aromatic N) is 2. The summed E-state index contributed by atoms with van der Waals surface area (Å²) in [7, 11) is 0. The van der Waals surface area contributed by atoms with Gasteiger partial charge in [0.05, 0.1) is 13.2 Å². The van der Waals surface area contributed by atoms with Gasteiger partial charge in [0.15, 0.2) is 0 Å². The van der Waals surface area contributed by atoms with Crippen LogP contribution in [0.4, 0.5) is 0 Å². The Balaban J connectivity index is 1.84. The van der Waals surface area contributed by atoms with Crippen molar-refractivity contribution in [2.24, 2.45) is 4.99 Å². The molecule has 3 nitrogen and oxygen atoms in total.